The van der Waals surface area contributed by atoms with Crippen LogP contribution in [0.5, 0.6) is 0 Å². The molecule has 0 saturated carbocycles. The molecule has 0 aliphatic carbocycles. The van der Waals surface area contributed by atoms with Gasteiger partial charge < -0.3 is 0 Å². The first-order valence-corrected chi connectivity index (χ1v) is 4.59. The molecular formula is C9H7BrN2O. The number of aromatic nitrogens is 2. The number of aldehydes is 1. The number of carbonyl (C=O) groups excluding carboxylic acids is 1. The van der Waals surface area contributed by atoms with Crippen LogP contribution in [0.1, 0.15) is 10.5 Å². The van der Waals surface area contributed by atoms with Crippen LogP contribution >= 0.6 is 15.9 Å². The summed E-state index contributed by atoms with van der Waals surface area (Å²) in [4.78, 5) is 10.7. The summed E-state index contributed by atoms with van der Waals surface area (Å²) in [5.41, 5.74) is 1.43. The van der Waals surface area contributed by atoms with Gasteiger partial charge in [0.05, 0.1) is 5.52 Å². The molecule has 2 rings (SSSR count). The normalized spacial score (nSPS) is 10.6. The summed E-state index contributed by atoms with van der Waals surface area (Å²) in [7, 11) is 1.82. The Kier molecular flexibility index (Phi) is 1.92. The van der Waals surface area contributed by atoms with Gasteiger partial charge in [0, 0.05) is 16.9 Å². The highest BCUT2D eigenvalue weighted by Crippen LogP contribution is 2.25. The molecule has 0 amide bonds. The van der Waals surface area contributed by atoms with Gasteiger partial charge in [0.2, 0.25) is 0 Å². The first-order chi connectivity index (χ1) is 6.24. The molecule has 0 N–H and O–H groups in total. The molecule has 0 saturated heterocycles. The average Bonchev–Trinajstić information content (AvgIpc) is 2.45. The third-order valence-corrected chi connectivity index (χ3v) is 2.63. The number of benzene rings is 1. The summed E-state index contributed by atoms with van der Waals surface area (Å²) in [6.07, 6.45) is 0.771. The summed E-state index contributed by atoms with van der Waals surface area (Å²) in [5, 5.41) is 4.96. The van der Waals surface area contributed by atoms with E-state index >= 15 is 0 Å². The molecule has 1 heterocycles. The van der Waals surface area contributed by atoms with E-state index < -0.39 is 0 Å². The Balaban J connectivity index is 2.96. The van der Waals surface area contributed by atoms with Gasteiger partial charge in [-0.15, -0.1) is 0 Å². The average molecular weight is 239 g/mol. The highest BCUT2D eigenvalue weighted by molar-refractivity contribution is 9.10. The minimum atomic E-state index is 0.477. The molecule has 1 aromatic heterocycles. The Morgan fingerprint density at radius 3 is 3.00 bits per heavy atom. The highest BCUT2D eigenvalue weighted by atomic mass is 79.9. The maximum atomic E-state index is 10.7. The third-order valence-electron chi connectivity index (χ3n) is 1.97. The number of hydrogen-bond donors (Lipinski definition) is 0. The second kappa shape index (κ2) is 2.96. The van der Waals surface area contributed by atoms with Crippen LogP contribution in [0.15, 0.2) is 22.7 Å². The summed E-state index contributed by atoms with van der Waals surface area (Å²) in [5.74, 6) is 0. The van der Waals surface area contributed by atoms with Crippen LogP contribution in [0, 0.1) is 0 Å². The van der Waals surface area contributed by atoms with Crippen LogP contribution in [-0.4, -0.2) is 16.1 Å². The van der Waals surface area contributed by atoms with Crippen molar-refractivity contribution in [2.75, 3.05) is 0 Å². The quantitative estimate of drug-likeness (QED) is 0.714. The summed E-state index contributed by atoms with van der Waals surface area (Å²) >= 11 is 3.39. The van der Waals surface area contributed by atoms with Crippen molar-refractivity contribution < 1.29 is 4.79 Å². The van der Waals surface area contributed by atoms with E-state index in [2.05, 4.69) is 21.0 Å². The summed E-state index contributed by atoms with van der Waals surface area (Å²) in [6, 6.07) is 5.75. The lowest BCUT2D eigenvalue weighted by molar-refractivity contribution is 0.111. The Morgan fingerprint density at radius 2 is 2.31 bits per heavy atom. The standard InChI is InChI=1S/C9H7BrN2O/c1-12-8-4-2-3-6(10)9(8)7(5-13)11-12/h2-5H,1H3. The predicted octanol–water partition coefficient (Wildman–Crippen LogP) is 2.15. The van der Waals surface area contributed by atoms with E-state index in [0.717, 1.165) is 21.7 Å². The second-order valence-corrected chi connectivity index (χ2v) is 3.61. The van der Waals surface area contributed by atoms with E-state index in [1.54, 1.807) is 4.68 Å². The minimum absolute atomic E-state index is 0.477. The lowest BCUT2D eigenvalue weighted by Crippen LogP contribution is -1.90. The van der Waals surface area contributed by atoms with Gasteiger partial charge in [-0.25, -0.2) is 0 Å². The van der Waals surface area contributed by atoms with Gasteiger partial charge in [0.25, 0.3) is 0 Å². The molecule has 0 radical (unpaired) electrons. The van der Waals surface area contributed by atoms with Crippen molar-refractivity contribution in [3.05, 3.63) is 28.4 Å². The fourth-order valence-corrected chi connectivity index (χ4v) is 1.94. The molecule has 0 bridgehead atoms. The molecule has 4 heteroatoms. The van der Waals surface area contributed by atoms with Crippen LogP contribution in [0.4, 0.5) is 0 Å². The highest BCUT2D eigenvalue weighted by Gasteiger charge is 2.09. The van der Waals surface area contributed by atoms with E-state index in [4.69, 9.17) is 0 Å². The zero-order valence-corrected chi connectivity index (χ0v) is 8.58. The molecule has 0 fully saturated rings. The van der Waals surface area contributed by atoms with Crippen LogP contribution in [-0.2, 0) is 7.05 Å². The van der Waals surface area contributed by atoms with Crippen molar-refractivity contribution >= 4 is 33.1 Å². The number of carbonyl (C=O) groups is 1. The summed E-state index contributed by atoms with van der Waals surface area (Å²) in [6.45, 7) is 0. The zero-order valence-electron chi connectivity index (χ0n) is 6.99. The first kappa shape index (κ1) is 8.44. The number of rotatable bonds is 1. The van der Waals surface area contributed by atoms with E-state index in [-0.39, 0.29) is 0 Å². The Bertz CT molecular complexity index is 476. The number of fused-ring (bicyclic) bond motifs is 1. The fraction of sp³-hybridized carbons (Fsp3) is 0.111. The van der Waals surface area contributed by atoms with Crippen molar-refractivity contribution in [1.82, 2.24) is 9.78 Å². The van der Waals surface area contributed by atoms with Gasteiger partial charge in [-0.3, -0.25) is 9.48 Å². The first-order valence-electron chi connectivity index (χ1n) is 3.80. The molecule has 2 aromatic rings. The smallest absolute Gasteiger partial charge is 0.170 e. The van der Waals surface area contributed by atoms with Crippen molar-refractivity contribution in [1.29, 1.82) is 0 Å². The van der Waals surface area contributed by atoms with Crippen molar-refractivity contribution in [2.45, 2.75) is 0 Å². The monoisotopic (exact) mass is 238 g/mol. The van der Waals surface area contributed by atoms with E-state index in [9.17, 15) is 4.79 Å². The number of nitrogens with zero attached hydrogens (tertiary/aromatic N) is 2. The van der Waals surface area contributed by atoms with Crippen LogP contribution in [0.2, 0.25) is 0 Å². The molecule has 0 aliphatic heterocycles. The van der Waals surface area contributed by atoms with E-state index in [1.807, 2.05) is 25.2 Å². The van der Waals surface area contributed by atoms with Crippen LogP contribution in [0.25, 0.3) is 10.9 Å². The lowest BCUT2D eigenvalue weighted by Gasteiger charge is -1.94. The number of aryl methyl sites for hydroxylation is 1. The Morgan fingerprint density at radius 1 is 1.54 bits per heavy atom. The van der Waals surface area contributed by atoms with Gasteiger partial charge in [0.15, 0.2) is 6.29 Å². The number of hydrogen-bond acceptors (Lipinski definition) is 2. The maximum Gasteiger partial charge on any atom is 0.170 e. The second-order valence-electron chi connectivity index (χ2n) is 2.76. The van der Waals surface area contributed by atoms with E-state index in [1.165, 1.54) is 0 Å². The molecule has 13 heavy (non-hydrogen) atoms. The SMILES string of the molecule is Cn1nc(C=O)c2c(Br)cccc21. The zero-order chi connectivity index (χ0) is 9.42. The van der Waals surface area contributed by atoms with E-state index in [0.29, 0.717) is 5.69 Å². The third kappa shape index (κ3) is 1.18. The van der Waals surface area contributed by atoms with Gasteiger partial charge in [-0.2, -0.15) is 5.10 Å². The number of halogens is 1. The van der Waals surface area contributed by atoms with Crippen molar-refractivity contribution in [2.24, 2.45) is 7.05 Å². The molecular weight excluding hydrogens is 232 g/mol. The molecule has 1 aromatic carbocycles. The van der Waals surface area contributed by atoms with Gasteiger partial charge in [-0.1, -0.05) is 22.0 Å². The predicted molar refractivity (Wildman–Crippen MR) is 53.8 cm³/mol. The Hall–Kier alpha value is -1.16. The molecule has 0 aliphatic rings. The molecule has 66 valence electrons. The van der Waals surface area contributed by atoms with Crippen LogP contribution in [0.3, 0.4) is 0 Å². The minimum Gasteiger partial charge on any atom is -0.296 e. The molecule has 3 nitrogen and oxygen atoms in total. The Labute approximate surface area is 83.5 Å². The van der Waals surface area contributed by atoms with Gasteiger partial charge in [0.1, 0.15) is 5.69 Å². The topological polar surface area (TPSA) is 34.9 Å². The molecule has 0 unspecified atom stereocenters. The van der Waals surface area contributed by atoms with Crippen molar-refractivity contribution in [3.8, 4) is 0 Å². The van der Waals surface area contributed by atoms with Crippen LogP contribution < -0.4 is 0 Å². The maximum absolute atomic E-state index is 10.7. The largest absolute Gasteiger partial charge is 0.296 e. The molecule has 0 atom stereocenters. The van der Waals surface area contributed by atoms with Gasteiger partial charge >= 0.3 is 0 Å². The fourth-order valence-electron chi connectivity index (χ4n) is 1.38. The lowest BCUT2D eigenvalue weighted by atomic mass is 10.2. The molecule has 0 spiro atoms. The van der Waals surface area contributed by atoms with Gasteiger partial charge in [-0.05, 0) is 12.1 Å². The van der Waals surface area contributed by atoms with Crippen molar-refractivity contribution in [3.63, 3.8) is 0 Å². The summed E-state index contributed by atoms with van der Waals surface area (Å²) < 4.78 is 2.60.